The molecule has 0 fully saturated rings. The maximum absolute atomic E-state index is 13.5. The van der Waals surface area contributed by atoms with Crippen molar-refractivity contribution in [1.29, 1.82) is 0 Å². The van der Waals surface area contributed by atoms with Gasteiger partial charge in [-0.25, -0.2) is 4.39 Å². The Morgan fingerprint density at radius 2 is 2.10 bits per heavy atom. The molecule has 3 rings (SSSR count). The first-order valence-electron chi connectivity index (χ1n) is 6.40. The summed E-state index contributed by atoms with van der Waals surface area (Å²) < 4.78 is 15.4. The monoisotopic (exact) mass is 304 g/mol. The molecule has 0 bridgehead atoms. The number of halogens is 1. The van der Waals surface area contributed by atoms with E-state index in [-0.39, 0.29) is 18.3 Å². The highest BCUT2D eigenvalue weighted by molar-refractivity contribution is 7.19. The fraction of sp³-hybridized carbons (Fsp3) is 0.214. The van der Waals surface area contributed by atoms with Crippen molar-refractivity contribution in [1.82, 2.24) is 19.9 Å². The van der Waals surface area contributed by atoms with Crippen LogP contribution in [0.1, 0.15) is 26.8 Å². The van der Waals surface area contributed by atoms with Crippen LogP contribution in [0.25, 0.3) is 4.96 Å². The van der Waals surface area contributed by atoms with Crippen LogP contribution in [0.3, 0.4) is 0 Å². The van der Waals surface area contributed by atoms with Crippen molar-refractivity contribution < 1.29 is 9.18 Å². The van der Waals surface area contributed by atoms with Gasteiger partial charge in [-0.1, -0.05) is 29.5 Å². The topological polar surface area (TPSA) is 59.3 Å². The van der Waals surface area contributed by atoms with E-state index in [1.807, 2.05) is 18.2 Å². The zero-order valence-electron chi connectivity index (χ0n) is 11.6. The predicted octanol–water partition coefficient (Wildman–Crippen LogP) is 2.48. The molecule has 3 aromatic rings. The van der Waals surface area contributed by atoms with Crippen molar-refractivity contribution in [2.24, 2.45) is 0 Å². The molecule has 0 aliphatic rings. The van der Waals surface area contributed by atoms with Gasteiger partial charge in [0.05, 0.1) is 0 Å². The number of fused-ring (bicyclic) bond motifs is 1. The number of carbonyl (C=O) groups is 1. The second-order valence-corrected chi connectivity index (χ2v) is 5.63. The normalized spacial score (nSPS) is 11.0. The zero-order chi connectivity index (χ0) is 15.0. The van der Waals surface area contributed by atoms with Crippen LogP contribution in [0.15, 0.2) is 24.3 Å². The van der Waals surface area contributed by atoms with Crippen LogP contribution in [0.2, 0.25) is 0 Å². The summed E-state index contributed by atoms with van der Waals surface area (Å²) in [5.74, 6) is 0.188. The molecule has 2 heterocycles. The van der Waals surface area contributed by atoms with E-state index in [0.29, 0.717) is 15.4 Å². The number of nitrogens with zero attached hydrogens (tertiary/aromatic N) is 3. The number of aromatic nitrogens is 3. The Hall–Kier alpha value is -2.28. The van der Waals surface area contributed by atoms with Gasteiger partial charge in [0.2, 0.25) is 4.96 Å². The number of hydrogen-bond donors (Lipinski definition) is 1. The number of thiazole rings is 1. The Morgan fingerprint density at radius 3 is 2.81 bits per heavy atom. The average molecular weight is 304 g/mol. The minimum absolute atomic E-state index is 0.155. The van der Waals surface area contributed by atoms with E-state index in [1.165, 1.54) is 17.4 Å². The van der Waals surface area contributed by atoms with Crippen LogP contribution < -0.4 is 5.32 Å². The fourth-order valence-electron chi connectivity index (χ4n) is 2.17. The highest BCUT2D eigenvalue weighted by Gasteiger charge is 2.18. The summed E-state index contributed by atoms with van der Waals surface area (Å²) in [5.41, 5.74) is 1.26. The zero-order valence-corrected chi connectivity index (χ0v) is 12.4. The molecule has 21 heavy (non-hydrogen) atoms. The SMILES string of the molecule is Cc1nnc2sc(C(=O)NCc3ccccc3F)c(C)n12. The van der Waals surface area contributed by atoms with Gasteiger partial charge in [0.1, 0.15) is 16.5 Å². The summed E-state index contributed by atoms with van der Waals surface area (Å²) in [6.45, 7) is 3.83. The lowest BCUT2D eigenvalue weighted by Gasteiger charge is -2.05. The van der Waals surface area contributed by atoms with E-state index in [0.717, 1.165) is 11.5 Å². The summed E-state index contributed by atoms with van der Waals surface area (Å²) in [6.07, 6.45) is 0. The Kier molecular flexibility index (Phi) is 3.42. The molecule has 0 spiro atoms. The molecule has 0 radical (unpaired) electrons. The van der Waals surface area contributed by atoms with Crippen molar-refractivity contribution in [3.05, 3.63) is 52.0 Å². The minimum Gasteiger partial charge on any atom is -0.347 e. The molecule has 0 saturated heterocycles. The van der Waals surface area contributed by atoms with E-state index < -0.39 is 0 Å². The van der Waals surface area contributed by atoms with E-state index in [9.17, 15) is 9.18 Å². The quantitative estimate of drug-likeness (QED) is 0.808. The van der Waals surface area contributed by atoms with Gasteiger partial charge in [0.15, 0.2) is 0 Å². The molecule has 7 heteroatoms. The van der Waals surface area contributed by atoms with Crippen LogP contribution in [-0.2, 0) is 6.54 Å². The molecular formula is C14H13FN4OS. The lowest BCUT2D eigenvalue weighted by molar-refractivity contribution is 0.0953. The van der Waals surface area contributed by atoms with Crippen molar-refractivity contribution in [2.75, 3.05) is 0 Å². The maximum Gasteiger partial charge on any atom is 0.263 e. The summed E-state index contributed by atoms with van der Waals surface area (Å²) in [4.78, 5) is 13.5. The molecule has 1 aromatic carbocycles. The van der Waals surface area contributed by atoms with Gasteiger partial charge < -0.3 is 5.32 Å². The number of benzene rings is 1. The van der Waals surface area contributed by atoms with Gasteiger partial charge >= 0.3 is 0 Å². The van der Waals surface area contributed by atoms with Gasteiger partial charge in [0, 0.05) is 17.8 Å². The van der Waals surface area contributed by atoms with Crippen LogP contribution >= 0.6 is 11.3 Å². The Balaban J connectivity index is 1.81. The highest BCUT2D eigenvalue weighted by Crippen LogP contribution is 2.22. The Bertz CT molecular complexity index is 824. The Labute approximate surface area is 124 Å². The van der Waals surface area contributed by atoms with Gasteiger partial charge in [-0.05, 0) is 19.9 Å². The van der Waals surface area contributed by atoms with Crippen LogP contribution in [-0.4, -0.2) is 20.5 Å². The second kappa shape index (κ2) is 5.25. The van der Waals surface area contributed by atoms with E-state index in [4.69, 9.17) is 0 Å². The molecular weight excluding hydrogens is 291 g/mol. The largest absolute Gasteiger partial charge is 0.347 e. The van der Waals surface area contributed by atoms with E-state index in [2.05, 4.69) is 15.5 Å². The fourth-order valence-corrected chi connectivity index (χ4v) is 3.20. The molecule has 0 unspecified atom stereocenters. The van der Waals surface area contributed by atoms with Crippen molar-refractivity contribution >= 4 is 22.2 Å². The standard InChI is InChI=1S/C14H13FN4OS/c1-8-12(21-14-18-17-9(2)19(8)14)13(20)16-7-10-5-3-4-6-11(10)15/h3-6H,7H2,1-2H3,(H,16,20). The predicted molar refractivity (Wildman–Crippen MR) is 77.9 cm³/mol. The Morgan fingerprint density at radius 1 is 1.33 bits per heavy atom. The molecule has 0 saturated carbocycles. The van der Waals surface area contributed by atoms with E-state index in [1.54, 1.807) is 18.2 Å². The summed E-state index contributed by atoms with van der Waals surface area (Å²) in [7, 11) is 0. The smallest absolute Gasteiger partial charge is 0.263 e. The lowest BCUT2D eigenvalue weighted by atomic mass is 10.2. The number of rotatable bonds is 3. The third kappa shape index (κ3) is 2.40. The number of hydrogen-bond acceptors (Lipinski definition) is 4. The van der Waals surface area contributed by atoms with Crippen molar-refractivity contribution in [2.45, 2.75) is 20.4 Å². The second-order valence-electron chi connectivity index (χ2n) is 4.66. The molecule has 0 aliphatic heterocycles. The highest BCUT2D eigenvalue weighted by atomic mass is 32.1. The first-order chi connectivity index (χ1) is 10.1. The van der Waals surface area contributed by atoms with Crippen molar-refractivity contribution in [3.8, 4) is 0 Å². The third-order valence-electron chi connectivity index (χ3n) is 3.26. The van der Waals surface area contributed by atoms with Gasteiger partial charge in [0.25, 0.3) is 5.91 Å². The summed E-state index contributed by atoms with van der Waals surface area (Å²) in [5, 5.41) is 10.7. The van der Waals surface area contributed by atoms with Crippen LogP contribution in [0, 0.1) is 19.7 Å². The first-order valence-corrected chi connectivity index (χ1v) is 7.22. The number of amides is 1. The van der Waals surface area contributed by atoms with Gasteiger partial charge in [-0.15, -0.1) is 10.2 Å². The molecule has 1 amide bonds. The summed E-state index contributed by atoms with van der Waals surface area (Å²) >= 11 is 1.28. The molecule has 2 aromatic heterocycles. The van der Waals surface area contributed by atoms with Crippen LogP contribution in [0.4, 0.5) is 4.39 Å². The number of aryl methyl sites for hydroxylation is 2. The molecule has 5 nitrogen and oxygen atoms in total. The third-order valence-corrected chi connectivity index (χ3v) is 4.39. The molecule has 1 N–H and O–H groups in total. The van der Waals surface area contributed by atoms with Crippen molar-refractivity contribution in [3.63, 3.8) is 0 Å². The molecule has 108 valence electrons. The van der Waals surface area contributed by atoms with Crippen LogP contribution in [0.5, 0.6) is 0 Å². The molecule has 0 atom stereocenters. The minimum atomic E-state index is -0.324. The number of carbonyl (C=O) groups excluding carboxylic acids is 1. The first kappa shape index (κ1) is 13.7. The molecule has 0 aliphatic carbocycles. The maximum atomic E-state index is 13.5. The van der Waals surface area contributed by atoms with Gasteiger partial charge in [-0.2, -0.15) is 0 Å². The average Bonchev–Trinajstić information content (AvgIpc) is 2.99. The lowest BCUT2D eigenvalue weighted by Crippen LogP contribution is -2.23. The van der Waals surface area contributed by atoms with E-state index >= 15 is 0 Å². The summed E-state index contributed by atoms with van der Waals surface area (Å²) in [6, 6.07) is 6.39. The number of nitrogens with one attached hydrogen (secondary N) is 1. The van der Waals surface area contributed by atoms with Gasteiger partial charge in [-0.3, -0.25) is 9.20 Å².